The fourth-order valence-electron chi connectivity index (χ4n) is 0.557. The summed E-state index contributed by atoms with van der Waals surface area (Å²) in [4.78, 5) is 0.0956. The van der Waals surface area contributed by atoms with Crippen LogP contribution in [0.1, 0.15) is 0 Å². The summed E-state index contributed by atoms with van der Waals surface area (Å²) in [5, 5.41) is 0. The number of benzene rings is 1. The normalized spacial score (nSPS) is 10.3. The number of halogens is 4. The second-order valence-electron chi connectivity index (χ2n) is 1.82. The fraction of sp³-hybridized carbons (Fsp3) is 0. The topological polar surface area (TPSA) is 0 Å². The third-order valence-corrected chi connectivity index (χ3v) is 3.93. The summed E-state index contributed by atoms with van der Waals surface area (Å²) in [6.07, 6.45) is 0. The Kier molecular flexibility index (Phi) is 2.94. The molecule has 0 aliphatic rings. The molecule has 1 rings (SSSR count). The molecule has 11 heavy (non-hydrogen) atoms. The van der Waals surface area contributed by atoms with E-state index in [-0.39, 0.29) is 9.37 Å². The Labute approximate surface area is 84.7 Å². The van der Waals surface area contributed by atoms with Gasteiger partial charge < -0.3 is 0 Å². The largest absolute Gasteiger partial charge is 0.206 e. The summed E-state index contributed by atoms with van der Waals surface area (Å²) < 4.78 is 25.8. The zero-order valence-corrected chi connectivity index (χ0v) is 9.10. The highest BCUT2D eigenvalue weighted by Gasteiger charge is 2.11. The SMILES string of the molecule is Fc1cc(F)c(Br)c(Br)c1S. The molecular weight excluding hydrogens is 302 g/mol. The molecule has 1 aromatic carbocycles. The molecule has 0 radical (unpaired) electrons. The molecule has 0 unspecified atom stereocenters. The molecule has 0 nitrogen and oxygen atoms in total. The van der Waals surface area contributed by atoms with Crippen molar-refractivity contribution in [1.29, 1.82) is 0 Å². The summed E-state index contributed by atoms with van der Waals surface area (Å²) in [6, 6.07) is 0.775. The van der Waals surface area contributed by atoms with Crippen LogP contribution in [-0.4, -0.2) is 0 Å². The van der Waals surface area contributed by atoms with Gasteiger partial charge in [0.25, 0.3) is 0 Å². The summed E-state index contributed by atoms with van der Waals surface area (Å²) >= 11 is 9.71. The van der Waals surface area contributed by atoms with Crippen molar-refractivity contribution in [3.05, 3.63) is 26.6 Å². The fourth-order valence-corrected chi connectivity index (χ4v) is 1.58. The Hall–Kier alpha value is 0.390. The van der Waals surface area contributed by atoms with Gasteiger partial charge in [-0.15, -0.1) is 12.6 Å². The minimum atomic E-state index is -0.680. The van der Waals surface area contributed by atoms with E-state index in [1.165, 1.54) is 0 Å². The van der Waals surface area contributed by atoms with Gasteiger partial charge in [0.05, 0.1) is 13.8 Å². The number of hydrogen-bond donors (Lipinski definition) is 1. The molecule has 0 aliphatic heterocycles. The molecular formula is C6H2Br2F2S. The van der Waals surface area contributed by atoms with E-state index in [9.17, 15) is 8.78 Å². The van der Waals surface area contributed by atoms with E-state index in [0.717, 1.165) is 6.07 Å². The molecule has 0 saturated heterocycles. The molecule has 0 heterocycles. The number of rotatable bonds is 0. The van der Waals surface area contributed by atoms with Gasteiger partial charge in [0.1, 0.15) is 11.6 Å². The van der Waals surface area contributed by atoms with Crippen LogP contribution in [-0.2, 0) is 0 Å². The summed E-state index contributed by atoms with van der Waals surface area (Å²) in [5.74, 6) is -1.33. The maximum absolute atomic E-state index is 12.7. The van der Waals surface area contributed by atoms with E-state index < -0.39 is 11.6 Å². The Morgan fingerprint density at radius 2 is 1.64 bits per heavy atom. The van der Waals surface area contributed by atoms with Gasteiger partial charge >= 0.3 is 0 Å². The van der Waals surface area contributed by atoms with E-state index in [1.807, 2.05) is 0 Å². The maximum atomic E-state index is 12.7. The van der Waals surface area contributed by atoms with Crippen molar-refractivity contribution in [3.8, 4) is 0 Å². The van der Waals surface area contributed by atoms with E-state index in [4.69, 9.17) is 0 Å². The maximum Gasteiger partial charge on any atom is 0.141 e. The van der Waals surface area contributed by atoms with Crippen LogP contribution in [0.15, 0.2) is 19.9 Å². The molecule has 0 saturated carbocycles. The molecule has 0 aliphatic carbocycles. The Bertz CT molecular complexity index is 275. The summed E-state index contributed by atoms with van der Waals surface area (Å²) in [7, 11) is 0. The number of thiol groups is 1. The van der Waals surface area contributed by atoms with Gasteiger partial charge in [0.15, 0.2) is 0 Å². The van der Waals surface area contributed by atoms with Gasteiger partial charge in [-0.25, -0.2) is 8.78 Å². The number of hydrogen-bond acceptors (Lipinski definition) is 1. The Morgan fingerprint density at radius 1 is 1.09 bits per heavy atom. The second kappa shape index (κ2) is 3.41. The van der Waals surface area contributed by atoms with Crippen LogP contribution < -0.4 is 0 Å². The van der Waals surface area contributed by atoms with Crippen molar-refractivity contribution < 1.29 is 8.78 Å². The van der Waals surface area contributed by atoms with E-state index >= 15 is 0 Å². The van der Waals surface area contributed by atoms with Crippen LogP contribution in [0.2, 0.25) is 0 Å². The van der Waals surface area contributed by atoms with Crippen molar-refractivity contribution in [3.63, 3.8) is 0 Å². The molecule has 0 aromatic heterocycles. The van der Waals surface area contributed by atoms with Gasteiger partial charge in [0.2, 0.25) is 0 Å². The molecule has 0 amide bonds. The highest BCUT2D eigenvalue weighted by molar-refractivity contribution is 9.13. The lowest BCUT2D eigenvalue weighted by Gasteiger charge is -2.02. The zero-order chi connectivity index (χ0) is 8.59. The predicted octanol–water partition coefficient (Wildman–Crippen LogP) is 3.78. The molecule has 60 valence electrons. The first-order valence-electron chi connectivity index (χ1n) is 2.56. The molecule has 0 N–H and O–H groups in total. The van der Waals surface area contributed by atoms with Crippen LogP contribution in [0.3, 0.4) is 0 Å². The average molecular weight is 304 g/mol. The van der Waals surface area contributed by atoms with E-state index in [0.29, 0.717) is 4.47 Å². The molecule has 1 aromatic rings. The first kappa shape index (κ1) is 9.48. The van der Waals surface area contributed by atoms with E-state index in [2.05, 4.69) is 44.5 Å². The third kappa shape index (κ3) is 1.76. The van der Waals surface area contributed by atoms with Crippen LogP contribution in [0.25, 0.3) is 0 Å². The smallest absolute Gasteiger partial charge is 0.141 e. The minimum Gasteiger partial charge on any atom is -0.206 e. The van der Waals surface area contributed by atoms with Crippen molar-refractivity contribution in [2.45, 2.75) is 4.90 Å². The lowest BCUT2D eigenvalue weighted by atomic mass is 10.3. The first-order valence-corrected chi connectivity index (χ1v) is 4.59. The van der Waals surface area contributed by atoms with Crippen molar-refractivity contribution in [2.75, 3.05) is 0 Å². The highest BCUT2D eigenvalue weighted by atomic mass is 79.9. The van der Waals surface area contributed by atoms with Gasteiger partial charge in [0, 0.05) is 6.07 Å². The van der Waals surface area contributed by atoms with Crippen LogP contribution >= 0.6 is 44.5 Å². The predicted molar refractivity (Wildman–Crippen MR) is 49.0 cm³/mol. The zero-order valence-electron chi connectivity index (χ0n) is 5.04. The second-order valence-corrected chi connectivity index (χ2v) is 3.85. The summed E-state index contributed by atoms with van der Waals surface area (Å²) in [6.45, 7) is 0. The highest BCUT2D eigenvalue weighted by Crippen LogP contribution is 2.33. The van der Waals surface area contributed by atoms with Crippen molar-refractivity contribution in [1.82, 2.24) is 0 Å². The quantitative estimate of drug-likeness (QED) is 0.421. The molecule has 0 atom stereocenters. The van der Waals surface area contributed by atoms with E-state index in [1.54, 1.807) is 0 Å². The third-order valence-electron chi connectivity index (χ3n) is 1.09. The molecule has 0 fully saturated rings. The molecule has 5 heteroatoms. The minimum absolute atomic E-state index is 0.0956. The molecule has 0 spiro atoms. The van der Waals surface area contributed by atoms with Crippen LogP contribution in [0, 0.1) is 11.6 Å². The van der Waals surface area contributed by atoms with Gasteiger partial charge in [-0.2, -0.15) is 0 Å². The lowest BCUT2D eigenvalue weighted by molar-refractivity contribution is 0.559. The molecule has 0 bridgehead atoms. The first-order chi connectivity index (χ1) is 5.04. The van der Waals surface area contributed by atoms with Crippen LogP contribution in [0.4, 0.5) is 8.78 Å². The lowest BCUT2D eigenvalue weighted by Crippen LogP contribution is -1.86. The van der Waals surface area contributed by atoms with Crippen molar-refractivity contribution in [2.24, 2.45) is 0 Å². The van der Waals surface area contributed by atoms with Gasteiger partial charge in [-0.3, -0.25) is 0 Å². The van der Waals surface area contributed by atoms with Gasteiger partial charge in [-0.1, -0.05) is 0 Å². The average Bonchev–Trinajstić information content (AvgIpc) is 1.97. The standard InChI is InChI=1S/C6H2Br2F2S/c7-4-2(9)1-3(10)6(11)5(4)8/h1,11H. The monoisotopic (exact) mass is 302 g/mol. The Morgan fingerprint density at radius 3 is 2.18 bits per heavy atom. The Balaban J connectivity index is 3.46. The summed E-state index contributed by atoms with van der Waals surface area (Å²) in [5.41, 5.74) is 0. The van der Waals surface area contributed by atoms with Crippen LogP contribution in [0.5, 0.6) is 0 Å². The van der Waals surface area contributed by atoms with Gasteiger partial charge in [-0.05, 0) is 31.9 Å². The van der Waals surface area contributed by atoms with Crippen molar-refractivity contribution >= 4 is 44.5 Å².